The standard InChI is InChI=1S/C14H16N2O4/c1-9-7-12(16-13(18)8-15-10(2)17)5-3-11(9)4-6-14(19)20/h3-7H,8H2,1-2H3,(H,15,17)(H,16,18)(H,19,20). The molecule has 0 heterocycles. The molecule has 6 heteroatoms. The van der Waals surface area contributed by atoms with E-state index < -0.39 is 5.97 Å². The van der Waals surface area contributed by atoms with Crippen LogP contribution in [0.3, 0.4) is 0 Å². The number of hydrogen-bond acceptors (Lipinski definition) is 3. The second-order valence-electron chi connectivity index (χ2n) is 4.20. The SMILES string of the molecule is CC(=O)NCC(=O)Nc1ccc(C=CC(=O)O)c(C)c1. The molecule has 0 aromatic heterocycles. The maximum absolute atomic E-state index is 11.5. The average molecular weight is 276 g/mol. The summed E-state index contributed by atoms with van der Waals surface area (Å²) in [6, 6.07) is 5.11. The number of carboxylic acids is 1. The van der Waals surface area contributed by atoms with Gasteiger partial charge in [-0.15, -0.1) is 0 Å². The summed E-state index contributed by atoms with van der Waals surface area (Å²) in [6.45, 7) is 3.06. The number of aryl methyl sites for hydroxylation is 1. The van der Waals surface area contributed by atoms with Crippen LogP contribution < -0.4 is 10.6 Å². The normalized spacial score (nSPS) is 10.3. The molecule has 6 nitrogen and oxygen atoms in total. The van der Waals surface area contributed by atoms with Gasteiger partial charge in [-0.1, -0.05) is 6.07 Å². The number of aliphatic carboxylic acids is 1. The minimum Gasteiger partial charge on any atom is -0.478 e. The molecule has 1 aromatic rings. The summed E-state index contributed by atoms with van der Waals surface area (Å²) in [5.41, 5.74) is 2.18. The van der Waals surface area contributed by atoms with Gasteiger partial charge >= 0.3 is 5.97 Å². The Balaban J connectivity index is 2.70. The van der Waals surface area contributed by atoms with Crippen molar-refractivity contribution < 1.29 is 19.5 Å². The molecule has 0 saturated carbocycles. The van der Waals surface area contributed by atoms with E-state index in [-0.39, 0.29) is 18.4 Å². The molecule has 0 fully saturated rings. The lowest BCUT2D eigenvalue weighted by atomic mass is 10.1. The van der Waals surface area contributed by atoms with Crippen LogP contribution in [0.4, 0.5) is 5.69 Å². The van der Waals surface area contributed by atoms with Crippen LogP contribution in [0.25, 0.3) is 6.08 Å². The molecule has 0 aliphatic carbocycles. The molecule has 0 saturated heterocycles. The molecule has 1 aromatic carbocycles. The fourth-order valence-electron chi connectivity index (χ4n) is 1.51. The molecule has 0 spiro atoms. The lowest BCUT2D eigenvalue weighted by Gasteiger charge is -2.08. The van der Waals surface area contributed by atoms with E-state index in [0.29, 0.717) is 5.69 Å². The van der Waals surface area contributed by atoms with Crippen LogP contribution in [0.2, 0.25) is 0 Å². The minimum absolute atomic E-state index is 0.0882. The van der Waals surface area contributed by atoms with Crippen LogP contribution in [-0.2, 0) is 14.4 Å². The Labute approximate surface area is 116 Å². The zero-order valence-corrected chi connectivity index (χ0v) is 11.3. The third kappa shape index (κ3) is 5.34. The summed E-state index contributed by atoms with van der Waals surface area (Å²) in [7, 11) is 0. The number of carbonyl (C=O) groups is 3. The fourth-order valence-corrected chi connectivity index (χ4v) is 1.51. The van der Waals surface area contributed by atoms with Gasteiger partial charge in [0.05, 0.1) is 6.54 Å². The van der Waals surface area contributed by atoms with Gasteiger partial charge in [-0.05, 0) is 36.3 Å². The molecule has 20 heavy (non-hydrogen) atoms. The number of anilines is 1. The molecule has 0 aliphatic rings. The average Bonchev–Trinajstić information content (AvgIpc) is 2.35. The lowest BCUT2D eigenvalue weighted by molar-refractivity contribution is -0.131. The van der Waals surface area contributed by atoms with Gasteiger partial charge in [0.2, 0.25) is 11.8 Å². The van der Waals surface area contributed by atoms with Gasteiger partial charge in [0.1, 0.15) is 0 Å². The first-order valence-corrected chi connectivity index (χ1v) is 5.94. The van der Waals surface area contributed by atoms with E-state index in [2.05, 4.69) is 10.6 Å². The number of benzene rings is 1. The van der Waals surface area contributed by atoms with E-state index in [1.165, 1.54) is 13.0 Å². The molecule has 0 bridgehead atoms. The first kappa shape index (κ1) is 15.4. The minimum atomic E-state index is -1.02. The highest BCUT2D eigenvalue weighted by Gasteiger charge is 2.04. The van der Waals surface area contributed by atoms with Gasteiger partial charge in [0.15, 0.2) is 0 Å². The second-order valence-corrected chi connectivity index (χ2v) is 4.20. The van der Waals surface area contributed by atoms with Gasteiger partial charge < -0.3 is 15.7 Å². The first-order valence-electron chi connectivity index (χ1n) is 5.94. The van der Waals surface area contributed by atoms with E-state index in [9.17, 15) is 14.4 Å². The van der Waals surface area contributed by atoms with Gasteiger partial charge in [-0.2, -0.15) is 0 Å². The molecule has 106 valence electrons. The van der Waals surface area contributed by atoms with Crippen molar-refractivity contribution in [1.82, 2.24) is 5.32 Å². The van der Waals surface area contributed by atoms with Crippen molar-refractivity contribution in [2.75, 3.05) is 11.9 Å². The Kier molecular flexibility index (Phi) is 5.46. The number of nitrogens with one attached hydrogen (secondary N) is 2. The van der Waals surface area contributed by atoms with Gasteiger partial charge in [-0.25, -0.2) is 4.79 Å². The van der Waals surface area contributed by atoms with Crippen LogP contribution >= 0.6 is 0 Å². The van der Waals surface area contributed by atoms with Gasteiger partial charge in [0.25, 0.3) is 0 Å². The highest BCUT2D eigenvalue weighted by atomic mass is 16.4. The first-order chi connectivity index (χ1) is 9.38. The topological polar surface area (TPSA) is 95.5 Å². The third-order valence-corrected chi connectivity index (χ3v) is 2.46. The molecular weight excluding hydrogens is 260 g/mol. The summed E-state index contributed by atoms with van der Waals surface area (Å²) in [5.74, 6) is -1.61. The molecule has 1 rings (SSSR count). The fraction of sp³-hybridized carbons (Fsp3) is 0.214. The molecule has 0 radical (unpaired) electrons. The quantitative estimate of drug-likeness (QED) is 0.703. The maximum atomic E-state index is 11.5. The van der Waals surface area contributed by atoms with Crippen molar-refractivity contribution >= 4 is 29.5 Å². The van der Waals surface area contributed by atoms with E-state index in [0.717, 1.165) is 17.2 Å². The second kappa shape index (κ2) is 7.08. The van der Waals surface area contributed by atoms with Crippen molar-refractivity contribution in [2.24, 2.45) is 0 Å². The molecule has 2 amide bonds. The van der Waals surface area contributed by atoms with Crippen molar-refractivity contribution in [3.05, 3.63) is 35.4 Å². The predicted molar refractivity (Wildman–Crippen MR) is 75.2 cm³/mol. The van der Waals surface area contributed by atoms with Crippen LogP contribution in [0.15, 0.2) is 24.3 Å². The molecular formula is C14H16N2O4. The Bertz CT molecular complexity index is 564. The van der Waals surface area contributed by atoms with Gasteiger partial charge in [0, 0.05) is 18.7 Å². The highest BCUT2D eigenvalue weighted by Crippen LogP contribution is 2.16. The van der Waals surface area contributed by atoms with Crippen molar-refractivity contribution in [2.45, 2.75) is 13.8 Å². The third-order valence-electron chi connectivity index (χ3n) is 2.46. The Morgan fingerprint density at radius 2 is 2.00 bits per heavy atom. The highest BCUT2D eigenvalue weighted by molar-refractivity contribution is 5.94. The van der Waals surface area contributed by atoms with Crippen molar-refractivity contribution in [3.63, 3.8) is 0 Å². The Hall–Kier alpha value is -2.63. The summed E-state index contributed by atoms with van der Waals surface area (Å²) >= 11 is 0. The van der Waals surface area contributed by atoms with E-state index >= 15 is 0 Å². The number of rotatable bonds is 5. The Morgan fingerprint density at radius 1 is 1.30 bits per heavy atom. The zero-order valence-electron chi connectivity index (χ0n) is 11.3. The number of hydrogen-bond donors (Lipinski definition) is 3. The van der Waals surface area contributed by atoms with Gasteiger partial charge in [-0.3, -0.25) is 9.59 Å². The lowest BCUT2D eigenvalue weighted by Crippen LogP contribution is -2.31. The van der Waals surface area contributed by atoms with E-state index in [1.807, 2.05) is 6.92 Å². The smallest absolute Gasteiger partial charge is 0.328 e. The van der Waals surface area contributed by atoms with Crippen LogP contribution in [0.5, 0.6) is 0 Å². The van der Waals surface area contributed by atoms with Crippen LogP contribution in [0, 0.1) is 6.92 Å². The summed E-state index contributed by atoms with van der Waals surface area (Å²) in [4.78, 5) is 32.6. The molecule has 0 aliphatic heterocycles. The number of carbonyl (C=O) groups excluding carboxylic acids is 2. The molecule has 0 atom stereocenters. The predicted octanol–water partition coefficient (Wildman–Crippen LogP) is 1.17. The molecule has 3 N–H and O–H groups in total. The largest absolute Gasteiger partial charge is 0.478 e. The summed E-state index contributed by atoms with van der Waals surface area (Å²) in [6.07, 6.45) is 2.54. The monoisotopic (exact) mass is 276 g/mol. The number of carboxylic acid groups (broad SMARTS) is 1. The Morgan fingerprint density at radius 3 is 2.55 bits per heavy atom. The van der Waals surface area contributed by atoms with Crippen LogP contribution in [-0.4, -0.2) is 29.4 Å². The van der Waals surface area contributed by atoms with Crippen LogP contribution in [0.1, 0.15) is 18.1 Å². The molecule has 0 unspecified atom stereocenters. The van der Waals surface area contributed by atoms with E-state index in [1.54, 1.807) is 18.2 Å². The zero-order chi connectivity index (χ0) is 15.1. The summed E-state index contributed by atoms with van der Waals surface area (Å²) in [5, 5.41) is 13.6. The van der Waals surface area contributed by atoms with Crippen molar-refractivity contribution in [3.8, 4) is 0 Å². The number of amides is 2. The van der Waals surface area contributed by atoms with Crippen molar-refractivity contribution in [1.29, 1.82) is 0 Å². The summed E-state index contributed by atoms with van der Waals surface area (Å²) < 4.78 is 0. The maximum Gasteiger partial charge on any atom is 0.328 e. The van der Waals surface area contributed by atoms with E-state index in [4.69, 9.17) is 5.11 Å².